The van der Waals surface area contributed by atoms with Gasteiger partial charge in [0.05, 0.1) is 0 Å². The minimum Gasteiger partial charge on any atom is -0.505 e. The number of hydrogen-bond acceptors (Lipinski definition) is 2. The molecule has 0 spiro atoms. The van der Waals surface area contributed by atoms with Crippen LogP contribution in [0.15, 0.2) is 10.5 Å². The van der Waals surface area contributed by atoms with Crippen molar-refractivity contribution in [3.05, 3.63) is 27.5 Å². The Bertz CT molecular complexity index is 390. The lowest BCUT2D eigenvalue weighted by molar-refractivity contribution is 0.364. The number of phenolic OH excluding ortho intramolecular Hbond substituents is 1. The van der Waals surface area contributed by atoms with Crippen LogP contribution in [0.4, 0.5) is 4.39 Å². The second-order valence-corrected chi connectivity index (χ2v) is 5.56. The molecule has 0 radical (unpaired) electrons. The molecule has 1 atom stereocenters. The normalized spacial score (nSPS) is 20.5. The van der Waals surface area contributed by atoms with Crippen molar-refractivity contribution in [2.24, 2.45) is 5.92 Å². The summed E-state index contributed by atoms with van der Waals surface area (Å²) in [6.45, 7) is 3.93. The molecule has 1 aliphatic rings. The second-order valence-electron chi connectivity index (χ2n) is 4.71. The molecule has 0 amide bonds. The number of phenols is 1. The van der Waals surface area contributed by atoms with E-state index >= 15 is 0 Å². The molecule has 17 heavy (non-hydrogen) atoms. The topological polar surface area (TPSA) is 32.3 Å². The zero-order valence-corrected chi connectivity index (χ0v) is 11.5. The fourth-order valence-electron chi connectivity index (χ4n) is 2.39. The van der Waals surface area contributed by atoms with Crippen molar-refractivity contribution in [2.75, 3.05) is 13.1 Å². The van der Waals surface area contributed by atoms with Crippen LogP contribution in [-0.2, 0) is 6.42 Å². The number of rotatable bonds is 2. The Labute approximate surface area is 109 Å². The molecule has 1 aromatic rings. The van der Waals surface area contributed by atoms with E-state index in [0.717, 1.165) is 48.0 Å². The predicted octanol–water partition coefficient (Wildman–Crippen LogP) is 3.14. The lowest BCUT2D eigenvalue weighted by atomic mass is 9.90. The third kappa shape index (κ3) is 2.80. The van der Waals surface area contributed by atoms with Gasteiger partial charge in [0, 0.05) is 10.0 Å². The first-order valence-electron chi connectivity index (χ1n) is 5.96. The molecule has 94 valence electrons. The lowest BCUT2D eigenvalue weighted by Gasteiger charge is -2.24. The number of nitrogens with one attached hydrogen (secondary N) is 1. The van der Waals surface area contributed by atoms with Gasteiger partial charge in [0.25, 0.3) is 0 Å². The van der Waals surface area contributed by atoms with Crippen LogP contribution in [0.2, 0.25) is 0 Å². The Morgan fingerprint density at radius 3 is 3.00 bits per heavy atom. The summed E-state index contributed by atoms with van der Waals surface area (Å²) in [6.07, 6.45) is 3.03. The van der Waals surface area contributed by atoms with Gasteiger partial charge < -0.3 is 10.4 Å². The first-order valence-corrected chi connectivity index (χ1v) is 6.76. The molecule has 1 heterocycles. The average Bonchev–Trinajstić information content (AvgIpc) is 2.33. The minimum atomic E-state index is -0.541. The van der Waals surface area contributed by atoms with Crippen LogP contribution >= 0.6 is 15.9 Å². The average molecular weight is 302 g/mol. The molecule has 1 saturated heterocycles. The van der Waals surface area contributed by atoms with Crippen molar-refractivity contribution in [1.82, 2.24) is 5.32 Å². The van der Waals surface area contributed by atoms with Gasteiger partial charge in [-0.1, -0.05) is 15.9 Å². The summed E-state index contributed by atoms with van der Waals surface area (Å²) in [5.41, 5.74) is 1.68. The zero-order valence-electron chi connectivity index (χ0n) is 9.89. The number of hydrogen-bond donors (Lipinski definition) is 2. The quantitative estimate of drug-likeness (QED) is 0.879. The van der Waals surface area contributed by atoms with E-state index in [1.165, 1.54) is 6.07 Å². The summed E-state index contributed by atoms with van der Waals surface area (Å²) in [6, 6.07) is 1.33. The Hall–Kier alpha value is -0.610. The molecule has 0 bridgehead atoms. The molecular weight excluding hydrogens is 285 g/mol. The molecule has 2 rings (SSSR count). The molecule has 1 unspecified atom stereocenters. The van der Waals surface area contributed by atoms with Gasteiger partial charge >= 0.3 is 0 Å². The molecule has 2 nitrogen and oxygen atoms in total. The molecule has 0 aromatic heterocycles. The van der Waals surface area contributed by atoms with Crippen molar-refractivity contribution < 1.29 is 9.50 Å². The summed E-state index contributed by atoms with van der Waals surface area (Å²) >= 11 is 3.33. The van der Waals surface area contributed by atoms with Crippen LogP contribution in [0.3, 0.4) is 0 Å². The van der Waals surface area contributed by atoms with E-state index in [9.17, 15) is 9.50 Å². The van der Waals surface area contributed by atoms with Crippen molar-refractivity contribution >= 4 is 15.9 Å². The highest BCUT2D eigenvalue weighted by atomic mass is 79.9. The smallest absolute Gasteiger partial charge is 0.166 e. The van der Waals surface area contributed by atoms with E-state index < -0.39 is 5.82 Å². The van der Waals surface area contributed by atoms with Crippen molar-refractivity contribution in [1.29, 1.82) is 0 Å². The van der Waals surface area contributed by atoms with Gasteiger partial charge in [0.1, 0.15) is 0 Å². The molecule has 1 fully saturated rings. The van der Waals surface area contributed by atoms with Crippen molar-refractivity contribution in [3.8, 4) is 5.75 Å². The standard InChI is InChI=1S/C13H17BrFNO/c1-8-10(5-9-3-2-4-16-7-9)13(17)12(15)6-11(8)14/h6,9,16-17H,2-5,7H2,1H3. The van der Waals surface area contributed by atoms with E-state index in [2.05, 4.69) is 21.2 Å². The molecule has 0 aliphatic carbocycles. The highest BCUT2D eigenvalue weighted by Crippen LogP contribution is 2.33. The van der Waals surface area contributed by atoms with Crippen LogP contribution in [0, 0.1) is 18.7 Å². The zero-order chi connectivity index (χ0) is 12.4. The molecular formula is C13H17BrFNO. The van der Waals surface area contributed by atoms with E-state index in [-0.39, 0.29) is 5.75 Å². The summed E-state index contributed by atoms with van der Waals surface area (Å²) in [4.78, 5) is 0. The first-order chi connectivity index (χ1) is 8.09. The van der Waals surface area contributed by atoms with Crippen LogP contribution in [0.5, 0.6) is 5.75 Å². The Kier molecular flexibility index (Phi) is 4.05. The molecule has 0 saturated carbocycles. The lowest BCUT2D eigenvalue weighted by Crippen LogP contribution is -2.31. The van der Waals surface area contributed by atoms with E-state index in [0.29, 0.717) is 5.92 Å². The van der Waals surface area contributed by atoms with Gasteiger partial charge in [-0.3, -0.25) is 0 Å². The Balaban J connectivity index is 2.24. The van der Waals surface area contributed by atoms with Gasteiger partial charge in [0.2, 0.25) is 0 Å². The van der Waals surface area contributed by atoms with Crippen LogP contribution in [0.1, 0.15) is 24.0 Å². The monoisotopic (exact) mass is 301 g/mol. The maximum atomic E-state index is 13.5. The third-order valence-corrected chi connectivity index (χ3v) is 4.29. The number of benzene rings is 1. The fourth-order valence-corrected chi connectivity index (χ4v) is 2.83. The van der Waals surface area contributed by atoms with E-state index in [1.807, 2.05) is 6.92 Å². The molecule has 1 aliphatic heterocycles. The third-order valence-electron chi connectivity index (χ3n) is 3.47. The SMILES string of the molecule is Cc1c(Br)cc(F)c(O)c1CC1CCCNC1. The van der Waals surface area contributed by atoms with Gasteiger partial charge in [-0.25, -0.2) is 4.39 Å². The van der Waals surface area contributed by atoms with Gasteiger partial charge in [-0.2, -0.15) is 0 Å². The number of halogens is 2. The van der Waals surface area contributed by atoms with E-state index in [1.54, 1.807) is 0 Å². The van der Waals surface area contributed by atoms with Crippen molar-refractivity contribution in [2.45, 2.75) is 26.2 Å². The molecule has 1 aromatic carbocycles. The number of aromatic hydroxyl groups is 1. The summed E-state index contributed by atoms with van der Waals surface area (Å²) in [7, 11) is 0. The first kappa shape index (κ1) is 12.8. The number of piperidine rings is 1. The maximum Gasteiger partial charge on any atom is 0.166 e. The van der Waals surface area contributed by atoms with E-state index in [4.69, 9.17) is 0 Å². The maximum absolute atomic E-state index is 13.5. The Morgan fingerprint density at radius 1 is 1.59 bits per heavy atom. The largest absolute Gasteiger partial charge is 0.505 e. The van der Waals surface area contributed by atoms with Crippen LogP contribution in [-0.4, -0.2) is 18.2 Å². The molecule has 4 heteroatoms. The highest BCUT2D eigenvalue weighted by Gasteiger charge is 2.19. The predicted molar refractivity (Wildman–Crippen MR) is 69.8 cm³/mol. The van der Waals surface area contributed by atoms with Crippen LogP contribution < -0.4 is 5.32 Å². The van der Waals surface area contributed by atoms with Crippen molar-refractivity contribution in [3.63, 3.8) is 0 Å². The summed E-state index contributed by atoms with van der Waals surface area (Å²) < 4.78 is 14.2. The van der Waals surface area contributed by atoms with Gasteiger partial charge in [-0.05, 0) is 56.8 Å². The van der Waals surface area contributed by atoms with Crippen LogP contribution in [0.25, 0.3) is 0 Å². The molecule has 2 N–H and O–H groups in total. The minimum absolute atomic E-state index is 0.184. The van der Waals surface area contributed by atoms with Gasteiger partial charge in [-0.15, -0.1) is 0 Å². The Morgan fingerprint density at radius 2 is 2.35 bits per heavy atom. The highest BCUT2D eigenvalue weighted by molar-refractivity contribution is 9.10. The van der Waals surface area contributed by atoms with Gasteiger partial charge in [0.15, 0.2) is 11.6 Å². The summed E-state index contributed by atoms with van der Waals surface area (Å²) in [5.74, 6) is -0.237. The summed E-state index contributed by atoms with van der Waals surface area (Å²) in [5, 5.41) is 13.2. The second kappa shape index (κ2) is 5.36. The fraction of sp³-hybridized carbons (Fsp3) is 0.538.